The maximum atomic E-state index is 12.2. The van der Waals surface area contributed by atoms with Gasteiger partial charge in [-0.2, -0.15) is 0 Å². The molecule has 0 aromatic heterocycles. The van der Waals surface area contributed by atoms with Crippen LogP contribution in [0.2, 0.25) is 0 Å². The lowest BCUT2D eigenvalue weighted by atomic mass is 9.53. The van der Waals surface area contributed by atoms with Crippen molar-refractivity contribution < 1.29 is 19.1 Å². The monoisotopic (exact) mass is 254 g/mol. The molecule has 0 aliphatic heterocycles. The summed E-state index contributed by atoms with van der Waals surface area (Å²) in [6, 6.07) is 0. The molecule has 2 aliphatic carbocycles. The number of ether oxygens (including phenoxy) is 2. The van der Waals surface area contributed by atoms with Crippen LogP contribution >= 0.6 is 0 Å². The van der Waals surface area contributed by atoms with Gasteiger partial charge in [0.1, 0.15) is 11.4 Å². The minimum Gasteiger partial charge on any atom is -0.456 e. The number of rotatable bonds is 3. The Morgan fingerprint density at radius 1 is 1.44 bits per heavy atom. The van der Waals surface area contributed by atoms with Crippen LogP contribution in [-0.4, -0.2) is 30.1 Å². The highest BCUT2D eigenvalue weighted by atomic mass is 16.6. The summed E-state index contributed by atoms with van der Waals surface area (Å²) >= 11 is 0. The van der Waals surface area contributed by atoms with Crippen molar-refractivity contribution in [3.8, 4) is 0 Å². The van der Waals surface area contributed by atoms with Crippen LogP contribution in [-0.2, 0) is 19.1 Å². The third kappa shape index (κ3) is 2.07. The summed E-state index contributed by atoms with van der Waals surface area (Å²) in [7, 11) is 0. The highest BCUT2D eigenvalue weighted by molar-refractivity contribution is 5.86. The number of Topliss-reactive ketones (excluding diaryl/α,β-unsaturated/α-hetero) is 1. The van der Waals surface area contributed by atoms with E-state index in [1.807, 2.05) is 20.8 Å². The molecular formula is C14H22O4. The molecule has 0 bridgehead atoms. The molecule has 0 aromatic rings. The van der Waals surface area contributed by atoms with Crippen molar-refractivity contribution >= 4 is 11.8 Å². The second-order valence-corrected chi connectivity index (χ2v) is 6.26. The van der Waals surface area contributed by atoms with Gasteiger partial charge in [0.2, 0.25) is 0 Å². The van der Waals surface area contributed by atoms with Gasteiger partial charge in [-0.05, 0) is 25.2 Å². The van der Waals surface area contributed by atoms with E-state index in [1.165, 1.54) is 6.92 Å². The third-order valence-corrected chi connectivity index (χ3v) is 4.08. The minimum absolute atomic E-state index is 0.125. The predicted molar refractivity (Wildman–Crippen MR) is 66.0 cm³/mol. The number of carbonyl (C=O) groups excluding carboxylic acids is 2. The summed E-state index contributed by atoms with van der Waals surface area (Å²) in [4.78, 5) is 23.5. The SMILES string of the molecule is CCOC1CC2C(=O)CC(C)(C)CC12OC(C)=O. The van der Waals surface area contributed by atoms with Crippen molar-refractivity contribution in [3.63, 3.8) is 0 Å². The lowest BCUT2D eigenvalue weighted by molar-refractivity contribution is -0.248. The molecule has 2 rings (SSSR count). The standard InChI is InChI=1S/C14H22O4/c1-5-17-12-6-10-11(16)7-13(3,4)8-14(10,12)18-9(2)15/h10,12H,5-8H2,1-4H3. The third-order valence-electron chi connectivity index (χ3n) is 4.08. The van der Waals surface area contributed by atoms with Gasteiger partial charge in [-0.3, -0.25) is 9.59 Å². The van der Waals surface area contributed by atoms with Crippen LogP contribution in [0.5, 0.6) is 0 Å². The molecular weight excluding hydrogens is 232 g/mol. The molecule has 2 fully saturated rings. The first kappa shape index (κ1) is 13.5. The van der Waals surface area contributed by atoms with E-state index in [0.29, 0.717) is 25.9 Å². The van der Waals surface area contributed by atoms with Gasteiger partial charge in [0.25, 0.3) is 0 Å². The average Bonchev–Trinajstić information content (AvgIpc) is 2.18. The van der Waals surface area contributed by atoms with Crippen LogP contribution in [0.3, 0.4) is 0 Å². The summed E-state index contributed by atoms with van der Waals surface area (Å²) in [5.74, 6) is -0.274. The molecule has 0 saturated heterocycles. The van der Waals surface area contributed by atoms with Crippen LogP contribution in [0.15, 0.2) is 0 Å². The fourth-order valence-electron chi connectivity index (χ4n) is 3.57. The summed E-state index contributed by atoms with van der Waals surface area (Å²) in [5, 5.41) is 0. The molecule has 0 N–H and O–H groups in total. The van der Waals surface area contributed by atoms with E-state index < -0.39 is 5.60 Å². The van der Waals surface area contributed by atoms with Gasteiger partial charge in [-0.1, -0.05) is 13.8 Å². The predicted octanol–water partition coefficient (Wildman–Crippen LogP) is 2.10. The van der Waals surface area contributed by atoms with Gasteiger partial charge in [0.15, 0.2) is 0 Å². The lowest BCUT2D eigenvalue weighted by Gasteiger charge is -2.58. The maximum Gasteiger partial charge on any atom is 0.303 e. The quantitative estimate of drug-likeness (QED) is 0.724. The minimum atomic E-state index is -0.708. The molecule has 2 saturated carbocycles. The zero-order chi connectivity index (χ0) is 13.6. The Kier molecular flexibility index (Phi) is 3.26. The first-order valence-electron chi connectivity index (χ1n) is 6.64. The maximum absolute atomic E-state index is 12.2. The van der Waals surface area contributed by atoms with Crippen LogP contribution in [0.25, 0.3) is 0 Å². The molecule has 0 amide bonds. The van der Waals surface area contributed by atoms with E-state index in [4.69, 9.17) is 9.47 Å². The van der Waals surface area contributed by atoms with Gasteiger partial charge in [-0.25, -0.2) is 0 Å². The summed E-state index contributed by atoms with van der Waals surface area (Å²) < 4.78 is 11.2. The lowest BCUT2D eigenvalue weighted by Crippen LogP contribution is -2.69. The van der Waals surface area contributed by atoms with E-state index in [0.717, 1.165) is 0 Å². The highest BCUT2D eigenvalue weighted by Crippen LogP contribution is 2.56. The summed E-state index contributed by atoms with van der Waals surface area (Å²) in [5.41, 5.74) is -0.834. The number of fused-ring (bicyclic) bond motifs is 1. The smallest absolute Gasteiger partial charge is 0.303 e. The van der Waals surface area contributed by atoms with Crippen LogP contribution in [0, 0.1) is 11.3 Å². The van der Waals surface area contributed by atoms with Gasteiger partial charge >= 0.3 is 5.97 Å². The molecule has 3 unspecified atom stereocenters. The zero-order valence-electron chi connectivity index (χ0n) is 11.6. The normalized spacial score (nSPS) is 37.7. The summed E-state index contributed by atoms with van der Waals surface area (Å²) in [6.45, 7) is 8.00. The number of hydrogen-bond acceptors (Lipinski definition) is 4. The Morgan fingerprint density at radius 2 is 2.11 bits per heavy atom. The fourth-order valence-corrected chi connectivity index (χ4v) is 3.57. The van der Waals surface area contributed by atoms with Crippen molar-refractivity contribution in [2.24, 2.45) is 11.3 Å². The van der Waals surface area contributed by atoms with Gasteiger partial charge in [0.05, 0.1) is 12.0 Å². The Bertz CT molecular complexity index is 374. The Hall–Kier alpha value is -0.900. The van der Waals surface area contributed by atoms with Crippen molar-refractivity contribution in [1.29, 1.82) is 0 Å². The molecule has 0 heterocycles. The van der Waals surface area contributed by atoms with Crippen molar-refractivity contribution in [1.82, 2.24) is 0 Å². The Morgan fingerprint density at radius 3 is 2.67 bits per heavy atom. The molecule has 102 valence electrons. The molecule has 0 spiro atoms. The molecule has 18 heavy (non-hydrogen) atoms. The van der Waals surface area contributed by atoms with Crippen LogP contribution in [0.1, 0.15) is 47.0 Å². The van der Waals surface area contributed by atoms with E-state index in [9.17, 15) is 9.59 Å². The fraction of sp³-hybridized carbons (Fsp3) is 0.857. The molecule has 0 aromatic carbocycles. The largest absolute Gasteiger partial charge is 0.456 e. The number of carbonyl (C=O) groups is 2. The second-order valence-electron chi connectivity index (χ2n) is 6.26. The van der Waals surface area contributed by atoms with E-state index in [-0.39, 0.29) is 29.2 Å². The number of hydrogen-bond donors (Lipinski definition) is 0. The molecule has 0 radical (unpaired) electrons. The summed E-state index contributed by atoms with van der Waals surface area (Å²) in [6.07, 6.45) is 1.84. The van der Waals surface area contributed by atoms with Gasteiger partial charge in [-0.15, -0.1) is 0 Å². The van der Waals surface area contributed by atoms with E-state index >= 15 is 0 Å². The molecule has 4 heteroatoms. The number of esters is 1. The Labute approximate surface area is 108 Å². The van der Waals surface area contributed by atoms with Crippen LogP contribution < -0.4 is 0 Å². The zero-order valence-corrected chi connectivity index (χ0v) is 11.6. The Balaban J connectivity index is 2.28. The molecule has 4 nitrogen and oxygen atoms in total. The van der Waals surface area contributed by atoms with Gasteiger partial charge < -0.3 is 9.47 Å². The molecule has 2 aliphatic rings. The van der Waals surface area contributed by atoms with Crippen LogP contribution in [0.4, 0.5) is 0 Å². The highest BCUT2D eigenvalue weighted by Gasteiger charge is 2.65. The first-order chi connectivity index (χ1) is 8.31. The van der Waals surface area contributed by atoms with Crippen molar-refractivity contribution in [3.05, 3.63) is 0 Å². The topological polar surface area (TPSA) is 52.6 Å². The first-order valence-corrected chi connectivity index (χ1v) is 6.64. The van der Waals surface area contributed by atoms with Crippen molar-refractivity contribution in [2.75, 3.05) is 6.61 Å². The molecule has 3 atom stereocenters. The van der Waals surface area contributed by atoms with Gasteiger partial charge in [0, 0.05) is 20.0 Å². The van der Waals surface area contributed by atoms with Crippen molar-refractivity contribution in [2.45, 2.75) is 58.7 Å². The average molecular weight is 254 g/mol. The van der Waals surface area contributed by atoms with E-state index in [1.54, 1.807) is 0 Å². The van der Waals surface area contributed by atoms with E-state index in [2.05, 4.69) is 0 Å². The number of ketones is 1. The second kappa shape index (κ2) is 4.34.